The van der Waals surface area contributed by atoms with Gasteiger partial charge >= 0.3 is 0 Å². The minimum Gasteiger partial charge on any atom is -0.312 e. The molecule has 2 heteroatoms. The largest absolute Gasteiger partial charge is 0.312 e. The zero-order valence-corrected chi connectivity index (χ0v) is 9.86. The lowest BCUT2D eigenvalue weighted by atomic mass is 10.1. The first-order valence-corrected chi connectivity index (χ1v) is 5.62. The Morgan fingerprint density at radius 3 is 2.81 bits per heavy atom. The number of hydrogen-bond acceptors (Lipinski definition) is 1. The number of aryl methyl sites for hydroxylation is 2. The van der Waals surface area contributed by atoms with Gasteiger partial charge in [-0.3, -0.25) is 4.79 Å². The lowest BCUT2D eigenvalue weighted by Crippen LogP contribution is -2.25. The molecule has 16 heavy (non-hydrogen) atoms. The molecule has 1 heterocycles. The van der Waals surface area contributed by atoms with Crippen molar-refractivity contribution in [2.75, 3.05) is 11.4 Å². The molecular formula is C14H17NO. The van der Waals surface area contributed by atoms with Crippen LogP contribution in [-0.4, -0.2) is 12.5 Å². The van der Waals surface area contributed by atoms with Crippen molar-refractivity contribution in [3.8, 4) is 0 Å². The monoisotopic (exact) mass is 215 g/mol. The third-order valence-corrected chi connectivity index (χ3v) is 3.14. The summed E-state index contributed by atoms with van der Waals surface area (Å²) in [6.45, 7) is 8.63. The van der Waals surface area contributed by atoms with Crippen LogP contribution >= 0.6 is 0 Å². The summed E-state index contributed by atoms with van der Waals surface area (Å²) in [5, 5.41) is 0. The first kappa shape index (κ1) is 10.9. The second-order valence-corrected chi connectivity index (χ2v) is 4.49. The van der Waals surface area contributed by atoms with Crippen LogP contribution in [0.15, 0.2) is 30.9 Å². The van der Waals surface area contributed by atoms with Gasteiger partial charge < -0.3 is 4.90 Å². The SMILES string of the molecule is C=CC1CC(=O)N(c2cc(C)ccc2C)C1. The average Bonchev–Trinajstić information content (AvgIpc) is 2.63. The van der Waals surface area contributed by atoms with Gasteiger partial charge in [0, 0.05) is 24.6 Å². The van der Waals surface area contributed by atoms with E-state index < -0.39 is 0 Å². The van der Waals surface area contributed by atoms with Crippen LogP contribution in [0.5, 0.6) is 0 Å². The quantitative estimate of drug-likeness (QED) is 0.695. The Hall–Kier alpha value is -1.57. The minimum atomic E-state index is 0.207. The second-order valence-electron chi connectivity index (χ2n) is 4.49. The van der Waals surface area contributed by atoms with Crippen LogP contribution in [0, 0.1) is 19.8 Å². The van der Waals surface area contributed by atoms with Crippen molar-refractivity contribution in [2.45, 2.75) is 20.3 Å². The van der Waals surface area contributed by atoms with Gasteiger partial charge in [0.15, 0.2) is 0 Å². The fraction of sp³-hybridized carbons (Fsp3) is 0.357. The first-order chi connectivity index (χ1) is 7.61. The Labute approximate surface area is 96.6 Å². The summed E-state index contributed by atoms with van der Waals surface area (Å²) < 4.78 is 0. The molecule has 1 aliphatic heterocycles. The molecule has 1 fully saturated rings. The third kappa shape index (κ3) is 1.87. The molecule has 1 aromatic rings. The number of anilines is 1. The van der Waals surface area contributed by atoms with Crippen LogP contribution in [0.25, 0.3) is 0 Å². The zero-order valence-electron chi connectivity index (χ0n) is 9.86. The van der Waals surface area contributed by atoms with Gasteiger partial charge in [-0.25, -0.2) is 0 Å². The predicted octanol–water partition coefficient (Wildman–Crippen LogP) is 2.84. The molecule has 1 amide bonds. The molecule has 0 aromatic heterocycles. The lowest BCUT2D eigenvalue weighted by Gasteiger charge is -2.19. The summed E-state index contributed by atoms with van der Waals surface area (Å²) >= 11 is 0. The van der Waals surface area contributed by atoms with Gasteiger partial charge in [0.25, 0.3) is 0 Å². The van der Waals surface area contributed by atoms with Crippen molar-refractivity contribution in [1.82, 2.24) is 0 Å². The maximum absolute atomic E-state index is 11.9. The molecule has 2 rings (SSSR count). The molecule has 0 aliphatic carbocycles. The highest BCUT2D eigenvalue weighted by atomic mass is 16.2. The standard InChI is InChI=1S/C14H17NO/c1-4-12-8-14(16)15(9-12)13-7-10(2)5-6-11(13)3/h4-7,12H,1,8-9H2,2-3H3. The fourth-order valence-electron chi connectivity index (χ4n) is 2.14. The third-order valence-electron chi connectivity index (χ3n) is 3.14. The number of carbonyl (C=O) groups is 1. The summed E-state index contributed by atoms with van der Waals surface area (Å²) in [7, 11) is 0. The van der Waals surface area contributed by atoms with Crippen LogP contribution in [-0.2, 0) is 4.79 Å². The maximum atomic E-state index is 11.9. The molecular weight excluding hydrogens is 198 g/mol. The topological polar surface area (TPSA) is 20.3 Å². The molecule has 1 aliphatic rings. The summed E-state index contributed by atoms with van der Waals surface area (Å²) in [4.78, 5) is 13.8. The Balaban J connectivity index is 2.34. The molecule has 0 radical (unpaired) electrons. The van der Waals surface area contributed by atoms with Gasteiger partial charge in [-0.1, -0.05) is 18.2 Å². The number of benzene rings is 1. The van der Waals surface area contributed by atoms with Gasteiger partial charge in [-0.05, 0) is 31.0 Å². The lowest BCUT2D eigenvalue weighted by molar-refractivity contribution is -0.117. The highest BCUT2D eigenvalue weighted by Gasteiger charge is 2.29. The summed E-state index contributed by atoms with van der Waals surface area (Å²) in [6, 6.07) is 6.22. The van der Waals surface area contributed by atoms with E-state index in [0.29, 0.717) is 12.3 Å². The van der Waals surface area contributed by atoms with Crippen LogP contribution in [0.4, 0.5) is 5.69 Å². The van der Waals surface area contributed by atoms with Crippen LogP contribution in [0.3, 0.4) is 0 Å². The molecule has 1 unspecified atom stereocenters. The summed E-state index contributed by atoms with van der Waals surface area (Å²) in [6.07, 6.45) is 2.47. The number of rotatable bonds is 2. The second kappa shape index (κ2) is 4.12. The average molecular weight is 215 g/mol. The molecule has 1 atom stereocenters. The Morgan fingerprint density at radius 1 is 1.44 bits per heavy atom. The Morgan fingerprint density at radius 2 is 2.19 bits per heavy atom. The van der Waals surface area contributed by atoms with Gasteiger partial charge in [0.1, 0.15) is 0 Å². The van der Waals surface area contributed by atoms with Crippen LogP contribution in [0.2, 0.25) is 0 Å². The molecule has 2 nitrogen and oxygen atoms in total. The smallest absolute Gasteiger partial charge is 0.227 e. The molecule has 0 bridgehead atoms. The van der Waals surface area contributed by atoms with Crippen molar-refractivity contribution in [1.29, 1.82) is 0 Å². The molecule has 1 aromatic carbocycles. The van der Waals surface area contributed by atoms with Gasteiger partial charge in [-0.2, -0.15) is 0 Å². The van der Waals surface area contributed by atoms with Crippen molar-refractivity contribution in [3.05, 3.63) is 42.0 Å². The fourth-order valence-corrected chi connectivity index (χ4v) is 2.14. The van der Waals surface area contributed by atoms with Gasteiger partial charge in [-0.15, -0.1) is 6.58 Å². The van der Waals surface area contributed by atoms with E-state index in [0.717, 1.165) is 17.8 Å². The number of nitrogens with zero attached hydrogens (tertiary/aromatic N) is 1. The molecule has 0 spiro atoms. The maximum Gasteiger partial charge on any atom is 0.227 e. The normalized spacial score (nSPS) is 20.2. The van der Waals surface area contributed by atoms with E-state index in [1.54, 1.807) is 0 Å². The van der Waals surface area contributed by atoms with E-state index in [-0.39, 0.29) is 5.91 Å². The van der Waals surface area contributed by atoms with E-state index in [1.807, 2.05) is 17.9 Å². The first-order valence-electron chi connectivity index (χ1n) is 5.62. The number of amides is 1. The predicted molar refractivity (Wildman–Crippen MR) is 66.6 cm³/mol. The van der Waals surface area contributed by atoms with E-state index in [1.165, 1.54) is 5.56 Å². The Kier molecular flexibility index (Phi) is 2.82. The van der Waals surface area contributed by atoms with E-state index in [2.05, 4.69) is 31.7 Å². The molecule has 1 saturated heterocycles. The van der Waals surface area contributed by atoms with Gasteiger partial charge in [0.2, 0.25) is 5.91 Å². The molecule has 0 N–H and O–H groups in total. The van der Waals surface area contributed by atoms with Crippen molar-refractivity contribution in [3.63, 3.8) is 0 Å². The van der Waals surface area contributed by atoms with Crippen LogP contribution in [0.1, 0.15) is 17.5 Å². The number of hydrogen-bond donors (Lipinski definition) is 0. The Bertz CT molecular complexity index is 436. The van der Waals surface area contributed by atoms with E-state index in [9.17, 15) is 4.79 Å². The highest BCUT2D eigenvalue weighted by molar-refractivity contribution is 5.96. The van der Waals surface area contributed by atoms with E-state index >= 15 is 0 Å². The van der Waals surface area contributed by atoms with Crippen molar-refractivity contribution < 1.29 is 4.79 Å². The number of carbonyl (C=O) groups excluding carboxylic acids is 1. The van der Waals surface area contributed by atoms with Crippen molar-refractivity contribution >= 4 is 11.6 Å². The van der Waals surface area contributed by atoms with Gasteiger partial charge in [0.05, 0.1) is 0 Å². The van der Waals surface area contributed by atoms with E-state index in [4.69, 9.17) is 0 Å². The summed E-state index contributed by atoms with van der Waals surface area (Å²) in [5.74, 6) is 0.506. The molecule has 0 saturated carbocycles. The zero-order chi connectivity index (χ0) is 11.7. The summed E-state index contributed by atoms with van der Waals surface area (Å²) in [5.41, 5.74) is 3.40. The minimum absolute atomic E-state index is 0.207. The molecule has 84 valence electrons. The van der Waals surface area contributed by atoms with Crippen molar-refractivity contribution in [2.24, 2.45) is 5.92 Å². The van der Waals surface area contributed by atoms with Crippen LogP contribution < -0.4 is 4.90 Å². The highest BCUT2D eigenvalue weighted by Crippen LogP contribution is 2.28.